The third kappa shape index (κ3) is 2.12. The van der Waals surface area contributed by atoms with E-state index in [9.17, 15) is 18.0 Å². The number of carbonyl (C=O) groups is 1. The summed E-state index contributed by atoms with van der Waals surface area (Å²) in [5.41, 5.74) is -0.487. The molecule has 114 valence electrons. The fourth-order valence-corrected chi connectivity index (χ4v) is 3.36. The molecule has 0 aromatic heterocycles. The number of amides is 1. The Labute approximate surface area is 121 Å². The third-order valence-corrected chi connectivity index (χ3v) is 4.36. The number of alkyl halides is 3. The summed E-state index contributed by atoms with van der Waals surface area (Å²) in [4.78, 5) is 14.3. The van der Waals surface area contributed by atoms with Crippen molar-refractivity contribution in [2.45, 2.75) is 32.1 Å². The number of fused-ring (bicyclic) bond motifs is 3. The van der Waals surface area contributed by atoms with Gasteiger partial charge in [0.1, 0.15) is 0 Å². The lowest BCUT2D eigenvalue weighted by Crippen LogP contribution is -2.54. The van der Waals surface area contributed by atoms with Crippen LogP contribution in [0.15, 0.2) is 18.2 Å². The molecule has 0 aliphatic carbocycles. The van der Waals surface area contributed by atoms with E-state index in [4.69, 9.17) is 0 Å². The maximum Gasteiger partial charge on any atom is 0.417 e. The molecule has 21 heavy (non-hydrogen) atoms. The molecule has 1 N–H and O–H groups in total. The van der Waals surface area contributed by atoms with Gasteiger partial charge in [0.05, 0.1) is 17.2 Å². The van der Waals surface area contributed by atoms with Crippen molar-refractivity contribution in [3.05, 3.63) is 34.9 Å². The van der Waals surface area contributed by atoms with E-state index in [0.29, 0.717) is 18.7 Å². The van der Waals surface area contributed by atoms with Crippen molar-refractivity contribution < 1.29 is 18.0 Å². The summed E-state index contributed by atoms with van der Waals surface area (Å²) in [5.74, 6) is -0.295. The number of nitrogens with one attached hydrogen (secondary N) is 1. The van der Waals surface area contributed by atoms with Crippen LogP contribution in [0.5, 0.6) is 0 Å². The molecule has 0 radical (unpaired) electrons. The summed E-state index contributed by atoms with van der Waals surface area (Å²) in [6.07, 6.45) is -4.50. The largest absolute Gasteiger partial charge is 0.417 e. The summed E-state index contributed by atoms with van der Waals surface area (Å²) in [5, 5.41) is 3.23. The van der Waals surface area contributed by atoms with Gasteiger partial charge in [0.15, 0.2) is 0 Å². The van der Waals surface area contributed by atoms with Crippen molar-refractivity contribution in [3.63, 3.8) is 0 Å². The highest BCUT2D eigenvalue weighted by atomic mass is 19.4. The summed E-state index contributed by atoms with van der Waals surface area (Å²) < 4.78 is 39.5. The van der Waals surface area contributed by atoms with Crippen LogP contribution in [-0.2, 0) is 6.18 Å². The van der Waals surface area contributed by atoms with Crippen molar-refractivity contribution in [1.82, 2.24) is 10.2 Å². The van der Waals surface area contributed by atoms with Gasteiger partial charge in [0.25, 0.3) is 5.91 Å². The van der Waals surface area contributed by atoms with E-state index in [1.165, 1.54) is 6.07 Å². The van der Waals surface area contributed by atoms with Crippen LogP contribution in [0.25, 0.3) is 0 Å². The Balaban J connectivity index is 2.12. The van der Waals surface area contributed by atoms with Crippen molar-refractivity contribution in [2.24, 2.45) is 5.92 Å². The maximum atomic E-state index is 13.2. The SMILES string of the molecule is CC(C)[C@H]1CNC[C@@H]2c3cccc(C(F)(F)F)c3C(=O)N21. The van der Waals surface area contributed by atoms with Crippen molar-refractivity contribution in [2.75, 3.05) is 13.1 Å². The van der Waals surface area contributed by atoms with Crippen molar-refractivity contribution in [3.8, 4) is 0 Å². The second-order valence-electron chi connectivity index (χ2n) is 5.97. The number of nitrogens with zero attached hydrogens (tertiary/aromatic N) is 1. The Morgan fingerprint density at radius 1 is 1.29 bits per heavy atom. The number of carbonyl (C=O) groups excluding carboxylic acids is 1. The second kappa shape index (κ2) is 4.73. The average molecular weight is 298 g/mol. The lowest BCUT2D eigenvalue weighted by molar-refractivity contribution is -0.137. The van der Waals surface area contributed by atoms with Gasteiger partial charge in [-0.2, -0.15) is 13.2 Å². The van der Waals surface area contributed by atoms with Crippen LogP contribution in [0, 0.1) is 5.92 Å². The lowest BCUT2D eigenvalue weighted by Gasteiger charge is -2.40. The van der Waals surface area contributed by atoms with Gasteiger partial charge in [-0.3, -0.25) is 4.79 Å². The molecular weight excluding hydrogens is 281 g/mol. The Bertz CT molecular complexity index is 583. The van der Waals surface area contributed by atoms with E-state index < -0.39 is 17.6 Å². The topological polar surface area (TPSA) is 32.3 Å². The van der Waals surface area contributed by atoms with Crippen LogP contribution >= 0.6 is 0 Å². The van der Waals surface area contributed by atoms with Crippen molar-refractivity contribution in [1.29, 1.82) is 0 Å². The van der Waals surface area contributed by atoms with Crippen LogP contribution in [0.1, 0.15) is 41.4 Å². The highest BCUT2D eigenvalue weighted by molar-refractivity contribution is 6.01. The monoisotopic (exact) mass is 298 g/mol. The molecule has 3 nitrogen and oxygen atoms in total. The summed E-state index contributed by atoms with van der Waals surface area (Å²) in [6, 6.07) is 3.64. The fourth-order valence-electron chi connectivity index (χ4n) is 3.36. The molecule has 2 heterocycles. The number of hydrogen-bond acceptors (Lipinski definition) is 2. The van der Waals surface area contributed by atoms with Gasteiger partial charge < -0.3 is 10.2 Å². The molecule has 1 fully saturated rings. The summed E-state index contributed by atoms with van der Waals surface area (Å²) >= 11 is 0. The molecule has 1 saturated heterocycles. The molecule has 2 aliphatic heterocycles. The second-order valence-corrected chi connectivity index (χ2v) is 5.97. The first-order chi connectivity index (χ1) is 9.82. The molecule has 0 unspecified atom stereocenters. The molecule has 3 rings (SSSR count). The van der Waals surface area contributed by atoms with Gasteiger partial charge in [0.2, 0.25) is 0 Å². The average Bonchev–Trinajstić information content (AvgIpc) is 2.71. The third-order valence-electron chi connectivity index (χ3n) is 4.36. The van der Waals surface area contributed by atoms with Crippen LogP contribution < -0.4 is 5.32 Å². The minimum atomic E-state index is -4.50. The predicted molar refractivity (Wildman–Crippen MR) is 71.9 cm³/mol. The van der Waals surface area contributed by atoms with Gasteiger partial charge in [-0.1, -0.05) is 26.0 Å². The highest BCUT2D eigenvalue weighted by Gasteiger charge is 2.48. The van der Waals surface area contributed by atoms with E-state index in [1.54, 1.807) is 11.0 Å². The smallest absolute Gasteiger partial charge is 0.326 e. The molecule has 2 atom stereocenters. The first-order valence-corrected chi connectivity index (χ1v) is 7.06. The lowest BCUT2D eigenvalue weighted by atomic mass is 9.96. The first-order valence-electron chi connectivity index (χ1n) is 7.06. The molecule has 0 spiro atoms. The summed E-state index contributed by atoms with van der Waals surface area (Å²) in [7, 11) is 0. The molecule has 0 bridgehead atoms. The zero-order valence-corrected chi connectivity index (χ0v) is 11.9. The molecule has 2 aliphatic rings. The van der Waals surface area contributed by atoms with E-state index in [-0.39, 0.29) is 23.6 Å². The van der Waals surface area contributed by atoms with Crippen LogP contribution in [0.3, 0.4) is 0 Å². The number of rotatable bonds is 1. The number of halogens is 3. The highest BCUT2D eigenvalue weighted by Crippen LogP contribution is 2.43. The van der Waals surface area contributed by atoms with E-state index >= 15 is 0 Å². The predicted octanol–water partition coefficient (Wildman–Crippen LogP) is 2.83. The molecule has 1 amide bonds. The molecule has 1 aromatic carbocycles. The Kier molecular flexibility index (Phi) is 3.24. The molecule has 6 heteroatoms. The normalized spacial score (nSPS) is 25.2. The minimum absolute atomic E-state index is 0.0790. The van der Waals surface area contributed by atoms with Crippen LogP contribution in [0.4, 0.5) is 13.2 Å². The summed E-state index contributed by atoms with van der Waals surface area (Å²) in [6.45, 7) is 5.09. The number of benzene rings is 1. The Morgan fingerprint density at radius 2 is 2.00 bits per heavy atom. The van der Waals surface area contributed by atoms with Gasteiger partial charge >= 0.3 is 6.18 Å². The maximum absolute atomic E-state index is 13.2. The number of piperazine rings is 1. The van der Waals surface area contributed by atoms with Crippen molar-refractivity contribution >= 4 is 5.91 Å². The van der Waals surface area contributed by atoms with Crippen LogP contribution in [-0.4, -0.2) is 29.9 Å². The molecule has 1 aromatic rings. The standard InChI is InChI=1S/C15H17F3N2O/c1-8(2)11-6-19-7-12-9-4-3-5-10(15(16,17)18)13(9)14(21)20(11)12/h3-5,8,11-12,19H,6-7H2,1-2H3/t11-,12-/m1/s1. The zero-order chi connectivity index (χ0) is 15.4. The Hall–Kier alpha value is -1.56. The Morgan fingerprint density at radius 3 is 2.62 bits per heavy atom. The van der Waals surface area contributed by atoms with Gasteiger partial charge in [-0.05, 0) is 17.5 Å². The zero-order valence-electron chi connectivity index (χ0n) is 11.9. The van der Waals surface area contributed by atoms with E-state index in [1.807, 2.05) is 13.8 Å². The molecular formula is C15H17F3N2O. The quantitative estimate of drug-likeness (QED) is 0.864. The van der Waals surface area contributed by atoms with Crippen LogP contribution in [0.2, 0.25) is 0 Å². The minimum Gasteiger partial charge on any atom is -0.326 e. The fraction of sp³-hybridized carbons (Fsp3) is 0.533. The van der Waals surface area contributed by atoms with Gasteiger partial charge in [0, 0.05) is 19.1 Å². The van der Waals surface area contributed by atoms with Gasteiger partial charge in [-0.25, -0.2) is 0 Å². The van der Waals surface area contributed by atoms with E-state index in [2.05, 4.69) is 5.32 Å². The molecule has 0 saturated carbocycles. The number of hydrogen-bond donors (Lipinski definition) is 1. The first kappa shape index (κ1) is 14.4. The van der Waals surface area contributed by atoms with E-state index in [0.717, 1.165) is 6.07 Å². The van der Waals surface area contributed by atoms with Gasteiger partial charge in [-0.15, -0.1) is 0 Å².